The minimum absolute atomic E-state index is 0.0674. The number of aryl methyl sites for hydroxylation is 1. The van der Waals surface area contributed by atoms with Crippen molar-refractivity contribution in [3.05, 3.63) is 30.1 Å². The van der Waals surface area contributed by atoms with Gasteiger partial charge in [0.15, 0.2) is 5.82 Å². The lowest BCUT2D eigenvalue weighted by Crippen LogP contribution is -2.32. The summed E-state index contributed by atoms with van der Waals surface area (Å²) in [5.74, 6) is 1.62. The van der Waals surface area contributed by atoms with Gasteiger partial charge in [0.1, 0.15) is 11.6 Å². The smallest absolute Gasteiger partial charge is 0.387 e. The number of alkyl halides is 2. The number of hydrogen-bond acceptors (Lipinski definition) is 4. The molecule has 0 fully saturated rings. The highest BCUT2D eigenvalue weighted by molar-refractivity contribution is 5.58. The van der Waals surface area contributed by atoms with Crippen molar-refractivity contribution >= 4 is 0 Å². The second-order valence-corrected chi connectivity index (χ2v) is 4.76. The van der Waals surface area contributed by atoms with Crippen molar-refractivity contribution in [3.63, 3.8) is 0 Å². The highest BCUT2D eigenvalue weighted by Crippen LogP contribution is 2.26. The summed E-state index contributed by atoms with van der Waals surface area (Å²) >= 11 is 0. The van der Waals surface area contributed by atoms with Crippen molar-refractivity contribution in [2.45, 2.75) is 32.0 Å². The first kappa shape index (κ1) is 13.0. The largest absolute Gasteiger partial charge is 0.435 e. The molecule has 1 atom stereocenters. The summed E-state index contributed by atoms with van der Waals surface area (Å²) in [6.07, 6.45) is 1.66. The van der Waals surface area contributed by atoms with Crippen LogP contribution in [-0.2, 0) is 13.0 Å². The van der Waals surface area contributed by atoms with Gasteiger partial charge >= 0.3 is 6.61 Å². The van der Waals surface area contributed by atoms with E-state index in [1.807, 2.05) is 4.57 Å². The number of ether oxygens (including phenoxy) is 1. The minimum atomic E-state index is -2.84. The predicted molar refractivity (Wildman–Crippen MR) is 68.4 cm³/mol. The van der Waals surface area contributed by atoms with Crippen molar-refractivity contribution < 1.29 is 13.5 Å². The highest BCUT2D eigenvalue weighted by Gasteiger charge is 2.21. The Morgan fingerprint density at radius 3 is 3.00 bits per heavy atom. The van der Waals surface area contributed by atoms with Crippen LogP contribution in [0.2, 0.25) is 0 Å². The van der Waals surface area contributed by atoms with Crippen LogP contribution in [0.3, 0.4) is 0 Å². The van der Waals surface area contributed by atoms with Gasteiger partial charge in [0.05, 0.1) is 0 Å². The van der Waals surface area contributed by atoms with Gasteiger partial charge in [-0.05, 0) is 18.6 Å². The number of fused-ring (bicyclic) bond motifs is 1. The van der Waals surface area contributed by atoms with Crippen LogP contribution in [0.15, 0.2) is 24.3 Å². The predicted octanol–water partition coefficient (Wildman–Crippen LogP) is 1.82. The van der Waals surface area contributed by atoms with Crippen molar-refractivity contribution in [2.24, 2.45) is 5.73 Å². The molecule has 3 rings (SSSR count). The van der Waals surface area contributed by atoms with E-state index in [0.717, 1.165) is 18.7 Å². The summed E-state index contributed by atoms with van der Waals surface area (Å²) in [5, 5.41) is 8.26. The molecule has 7 heteroatoms. The summed E-state index contributed by atoms with van der Waals surface area (Å²) in [4.78, 5) is 0. The number of nitrogens with two attached hydrogens (primary N) is 1. The normalized spacial score (nSPS) is 18.1. The molecule has 0 bridgehead atoms. The fourth-order valence-electron chi connectivity index (χ4n) is 2.38. The van der Waals surface area contributed by atoms with Gasteiger partial charge in [-0.2, -0.15) is 8.78 Å². The third-order valence-corrected chi connectivity index (χ3v) is 3.30. The van der Waals surface area contributed by atoms with Crippen LogP contribution < -0.4 is 10.5 Å². The van der Waals surface area contributed by atoms with E-state index in [4.69, 9.17) is 5.73 Å². The average molecular weight is 280 g/mol. The summed E-state index contributed by atoms with van der Waals surface area (Å²) in [7, 11) is 0. The number of halogens is 2. The third-order valence-electron chi connectivity index (χ3n) is 3.30. The molecule has 1 aromatic heterocycles. The van der Waals surface area contributed by atoms with E-state index in [0.29, 0.717) is 17.9 Å². The van der Waals surface area contributed by atoms with Crippen LogP contribution >= 0.6 is 0 Å². The summed E-state index contributed by atoms with van der Waals surface area (Å²) in [6.45, 7) is -2.21. The molecule has 0 radical (unpaired) electrons. The first-order valence-electron chi connectivity index (χ1n) is 6.36. The first-order chi connectivity index (χ1) is 9.63. The Morgan fingerprint density at radius 1 is 1.35 bits per heavy atom. The van der Waals surface area contributed by atoms with E-state index in [2.05, 4.69) is 14.9 Å². The van der Waals surface area contributed by atoms with Crippen LogP contribution in [0.25, 0.3) is 11.4 Å². The number of nitrogens with zero attached hydrogens (tertiary/aromatic N) is 3. The zero-order valence-electron chi connectivity index (χ0n) is 10.7. The lowest BCUT2D eigenvalue weighted by molar-refractivity contribution is -0.0498. The van der Waals surface area contributed by atoms with Gasteiger partial charge in [-0.15, -0.1) is 10.2 Å². The summed E-state index contributed by atoms with van der Waals surface area (Å²) in [6, 6.07) is 6.52. The Hall–Kier alpha value is -2.02. The Bertz CT molecular complexity index is 614. The molecular formula is C13H14F2N4O. The van der Waals surface area contributed by atoms with Crippen LogP contribution in [0.5, 0.6) is 5.75 Å². The number of hydrogen-bond donors (Lipinski definition) is 1. The fraction of sp³-hybridized carbons (Fsp3) is 0.385. The van der Waals surface area contributed by atoms with Gasteiger partial charge < -0.3 is 15.0 Å². The second kappa shape index (κ2) is 5.16. The first-order valence-corrected chi connectivity index (χ1v) is 6.36. The van der Waals surface area contributed by atoms with Gasteiger partial charge in [-0.1, -0.05) is 12.1 Å². The molecule has 1 aliphatic heterocycles. The quantitative estimate of drug-likeness (QED) is 0.931. The Balaban J connectivity index is 1.95. The molecule has 1 aliphatic rings. The monoisotopic (exact) mass is 280 g/mol. The molecule has 1 aromatic carbocycles. The Labute approximate surface area is 114 Å². The third kappa shape index (κ3) is 2.49. The molecule has 5 nitrogen and oxygen atoms in total. The maximum Gasteiger partial charge on any atom is 0.387 e. The van der Waals surface area contributed by atoms with E-state index in [1.54, 1.807) is 12.1 Å². The number of rotatable bonds is 3. The maximum absolute atomic E-state index is 12.2. The van der Waals surface area contributed by atoms with E-state index in [9.17, 15) is 8.78 Å². The van der Waals surface area contributed by atoms with Crippen molar-refractivity contribution in [2.75, 3.05) is 0 Å². The molecule has 0 aliphatic carbocycles. The van der Waals surface area contributed by atoms with E-state index in [1.165, 1.54) is 12.1 Å². The molecule has 0 saturated heterocycles. The summed E-state index contributed by atoms with van der Waals surface area (Å²) in [5.41, 5.74) is 6.64. The minimum Gasteiger partial charge on any atom is -0.435 e. The van der Waals surface area contributed by atoms with Crippen LogP contribution in [-0.4, -0.2) is 27.4 Å². The van der Waals surface area contributed by atoms with E-state index >= 15 is 0 Å². The average Bonchev–Trinajstić information content (AvgIpc) is 2.81. The van der Waals surface area contributed by atoms with Crippen molar-refractivity contribution in [1.82, 2.24) is 14.8 Å². The van der Waals surface area contributed by atoms with Gasteiger partial charge in [0, 0.05) is 24.6 Å². The van der Waals surface area contributed by atoms with Crippen molar-refractivity contribution in [3.8, 4) is 17.1 Å². The number of aromatic nitrogens is 3. The SMILES string of the molecule is NC1CCc2nnc(-c3cccc(OC(F)F)c3)n2C1. The molecule has 20 heavy (non-hydrogen) atoms. The molecule has 2 aromatic rings. The molecule has 0 amide bonds. The molecular weight excluding hydrogens is 266 g/mol. The maximum atomic E-state index is 12.2. The van der Waals surface area contributed by atoms with E-state index < -0.39 is 6.61 Å². The highest BCUT2D eigenvalue weighted by atomic mass is 19.3. The van der Waals surface area contributed by atoms with Gasteiger partial charge in [-0.25, -0.2) is 0 Å². The Morgan fingerprint density at radius 2 is 2.20 bits per heavy atom. The van der Waals surface area contributed by atoms with Gasteiger partial charge in [0.25, 0.3) is 0 Å². The molecule has 1 unspecified atom stereocenters. The zero-order chi connectivity index (χ0) is 14.1. The van der Waals surface area contributed by atoms with Crippen LogP contribution in [0.4, 0.5) is 8.78 Å². The molecule has 0 spiro atoms. The fourth-order valence-corrected chi connectivity index (χ4v) is 2.38. The van der Waals surface area contributed by atoms with E-state index in [-0.39, 0.29) is 11.8 Å². The second-order valence-electron chi connectivity index (χ2n) is 4.76. The van der Waals surface area contributed by atoms with Crippen LogP contribution in [0.1, 0.15) is 12.2 Å². The molecule has 106 valence electrons. The molecule has 2 N–H and O–H groups in total. The van der Waals surface area contributed by atoms with Gasteiger partial charge in [0.2, 0.25) is 0 Å². The lowest BCUT2D eigenvalue weighted by Gasteiger charge is -2.20. The standard InChI is InChI=1S/C13H14F2N4O/c14-13(15)20-10-3-1-2-8(6-10)12-18-17-11-5-4-9(16)7-19(11)12/h1-3,6,9,13H,4-5,7,16H2. The van der Waals surface area contributed by atoms with Crippen molar-refractivity contribution in [1.29, 1.82) is 0 Å². The molecule has 2 heterocycles. The summed E-state index contributed by atoms with van der Waals surface area (Å²) < 4.78 is 30.8. The topological polar surface area (TPSA) is 66.0 Å². The Kier molecular flexibility index (Phi) is 3.35. The molecule has 0 saturated carbocycles. The zero-order valence-corrected chi connectivity index (χ0v) is 10.7. The number of benzene rings is 1. The van der Waals surface area contributed by atoms with Crippen LogP contribution in [0, 0.1) is 0 Å². The van der Waals surface area contributed by atoms with Gasteiger partial charge in [-0.3, -0.25) is 0 Å². The lowest BCUT2D eigenvalue weighted by atomic mass is 10.1.